The van der Waals surface area contributed by atoms with Crippen LogP contribution in [0.15, 0.2) is 24.3 Å². The Bertz CT molecular complexity index is 172. The summed E-state index contributed by atoms with van der Waals surface area (Å²) in [7, 11) is 0. The highest BCUT2D eigenvalue weighted by Gasteiger charge is 2.04. The Morgan fingerprint density at radius 3 is 2.36 bits per heavy atom. The maximum absolute atomic E-state index is 10.2. The van der Waals surface area contributed by atoms with E-state index in [1.807, 2.05) is 13.0 Å². The van der Waals surface area contributed by atoms with Gasteiger partial charge in [-0.15, -0.1) is 0 Å². The lowest BCUT2D eigenvalue weighted by Gasteiger charge is -1.99. The number of aldehydes is 2. The predicted molar refractivity (Wildman–Crippen MR) is 44.2 cm³/mol. The van der Waals surface area contributed by atoms with Crippen LogP contribution in [0.5, 0.6) is 0 Å². The van der Waals surface area contributed by atoms with Gasteiger partial charge in [0.25, 0.3) is 0 Å². The Kier molecular flexibility index (Phi) is 4.99. The number of rotatable bonds is 5. The molecule has 2 nitrogen and oxygen atoms in total. The van der Waals surface area contributed by atoms with Crippen LogP contribution in [0.25, 0.3) is 0 Å². The molecule has 0 rings (SSSR count). The number of allylic oxidation sites excluding steroid dienone is 3. The molecule has 0 heterocycles. The molecule has 0 radical (unpaired) electrons. The summed E-state index contributed by atoms with van der Waals surface area (Å²) in [5.41, 5.74) is 0.803. The van der Waals surface area contributed by atoms with Crippen molar-refractivity contribution in [1.82, 2.24) is 0 Å². The monoisotopic (exact) mass is 152 g/mol. The molecule has 0 amide bonds. The van der Waals surface area contributed by atoms with Crippen molar-refractivity contribution in [3.8, 4) is 0 Å². The van der Waals surface area contributed by atoms with Gasteiger partial charge >= 0.3 is 0 Å². The average molecular weight is 152 g/mol. The molecule has 0 aromatic carbocycles. The van der Waals surface area contributed by atoms with Gasteiger partial charge in [-0.3, -0.25) is 0 Å². The zero-order valence-electron chi connectivity index (χ0n) is 6.62. The van der Waals surface area contributed by atoms with Crippen molar-refractivity contribution in [3.05, 3.63) is 24.3 Å². The molecule has 0 saturated carbocycles. The van der Waals surface area contributed by atoms with Crippen molar-refractivity contribution in [2.45, 2.75) is 13.3 Å². The first-order valence-corrected chi connectivity index (χ1v) is 3.45. The van der Waals surface area contributed by atoms with Gasteiger partial charge in [-0.1, -0.05) is 24.3 Å². The van der Waals surface area contributed by atoms with Crippen LogP contribution in [0.2, 0.25) is 0 Å². The molecule has 0 saturated heterocycles. The molecule has 0 atom stereocenters. The molecule has 0 spiro atoms. The van der Waals surface area contributed by atoms with E-state index >= 15 is 0 Å². The lowest BCUT2D eigenvalue weighted by Crippen LogP contribution is -2.03. The first kappa shape index (κ1) is 9.82. The second-order valence-corrected chi connectivity index (χ2v) is 2.30. The van der Waals surface area contributed by atoms with E-state index in [0.717, 1.165) is 5.57 Å². The Labute approximate surface area is 66.6 Å². The van der Waals surface area contributed by atoms with Crippen molar-refractivity contribution in [2.24, 2.45) is 5.92 Å². The third-order valence-electron chi connectivity index (χ3n) is 1.25. The quantitative estimate of drug-likeness (QED) is 0.340. The third-order valence-corrected chi connectivity index (χ3v) is 1.25. The SMILES string of the molecule is C=C(/C=C\C)CC(C=O)C=O. The summed E-state index contributed by atoms with van der Waals surface area (Å²) in [6.07, 6.45) is 5.33. The number of carbonyl (C=O) groups excluding carboxylic acids is 2. The molecular weight excluding hydrogens is 140 g/mol. The summed E-state index contributed by atoms with van der Waals surface area (Å²) in [6, 6.07) is 0. The average Bonchev–Trinajstić information content (AvgIpc) is 2.01. The summed E-state index contributed by atoms with van der Waals surface area (Å²) < 4.78 is 0. The van der Waals surface area contributed by atoms with Crippen LogP contribution >= 0.6 is 0 Å². The molecule has 11 heavy (non-hydrogen) atoms. The Hall–Kier alpha value is -1.18. The Balaban J connectivity index is 3.90. The standard InChI is InChI=1S/C9H12O2/c1-3-4-8(2)5-9(6-10)7-11/h3-4,6-7,9H,2,5H2,1H3/b4-3-. The fourth-order valence-electron chi connectivity index (χ4n) is 0.735. The third kappa shape index (κ3) is 4.25. The molecule has 0 bridgehead atoms. The highest BCUT2D eigenvalue weighted by atomic mass is 16.1. The lowest BCUT2D eigenvalue weighted by molar-refractivity contribution is -0.119. The van der Waals surface area contributed by atoms with E-state index in [4.69, 9.17) is 0 Å². The predicted octanol–water partition coefficient (Wildman–Crippen LogP) is 1.52. The van der Waals surface area contributed by atoms with E-state index in [-0.39, 0.29) is 0 Å². The van der Waals surface area contributed by atoms with Gasteiger partial charge in [-0.25, -0.2) is 0 Å². The molecule has 0 aliphatic carbocycles. The fraction of sp³-hybridized carbons (Fsp3) is 0.333. The van der Waals surface area contributed by atoms with Crippen LogP contribution in [-0.2, 0) is 9.59 Å². The van der Waals surface area contributed by atoms with Gasteiger partial charge < -0.3 is 9.59 Å². The van der Waals surface area contributed by atoms with Gasteiger partial charge in [-0.2, -0.15) is 0 Å². The smallest absolute Gasteiger partial charge is 0.130 e. The minimum absolute atomic E-state index is 0.428. The van der Waals surface area contributed by atoms with E-state index in [1.54, 1.807) is 6.08 Å². The summed E-state index contributed by atoms with van der Waals surface area (Å²) in [5.74, 6) is -0.529. The highest BCUT2D eigenvalue weighted by molar-refractivity contribution is 5.77. The van der Waals surface area contributed by atoms with Crippen molar-refractivity contribution in [3.63, 3.8) is 0 Å². The molecule has 0 aliphatic rings. The van der Waals surface area contributed by atoms with Crippen LogP contribution in [0.3, 0.4) is 0 Å². The zero-order valence-corrected chi connectivity index (χ0v) is 6.62. The highest BCUT2D eigenvalue weighted by Crippen LogP contribution is 2.06. The Morgan fingerprint density at radius 1 is 1.45 bits per heavy atom. The first-order chi connectivity index (χ1) is 5.24. The van der Waals surface area contributed by atoms with E-state index in [0.29, 0.717) is 19.0 Å². The van der Waals surface area contributed by atoms with E-state index in [1.165, 1.54) is 0 Å². The topological polar surface area (TPSA) is 34.1 Å². The number of carbonyl (C=O) groups is 2. The van der Waals surface area contributed by atoms with Crippen LogP contribution in [0.1, 0.15) is 13.3 Å². The largest absolute Gasteiger partial charge is 0.303 e. The molecule has 0 aromatic heterocycles. The summed E-state index contributed by atoms with van der Waals surface area (Å²) >= 11 is 0. The van der Waals surface area contributed by atoms with Crippen molar-refractivity contribution < 1.29 is 9.59 Å². The minimum Gasteiger partial charge on any atom is -0.303 e. The van der Waals surface area contributed by atoms with Gasteiger partial charge in [0.05, 0.1) is 5.92 Å². The van der Waals surface area contributed by atoms with Crippen LogP contribution in [0, 0.1) is 5.92 Å². The van der Waals surface area contributed by atoms with Gasteiger partial charge in [0.15, 0.2) is 0 Å². The molecule has 60 valence electrons. The number of hydrogen-bond donors (Lipinski definition) is 0. The van der Waals surface area contributed by atoms with Crippen LogP contribution in [-0.4, -0.2) is 12.6 Å². The van der Waals surface area contributed by atoms with Gasteiger partial charge in [0, 0.05) is 0 Å². The van der Waals surface area contributed by atoms with Crippen molar-refractivity contribution in [2.75, 3.05) is 0 Å². The molecule has 0 N–H and O–H groups in total. The molecule has 2 heteroatoms. The molecule has 0 unspecified atom stereocenters. The van der Waals surface area contributed by atoms with E-state index in [2.05, 4.69) is 6.58 Å². The van der Waals surface area contributed by atoms with E-state index in [9.17, 15) is 9.59 Å². The second kappa shape index (κ2) is 5.59. The van der Waals surface area contributed by atoms with Crippen molar-refractivity contribution in [1.29, 1.82) is 0 Å². The Morgan fingerprint density at radius 2 is 2.00 bits per heavy atom. The van der Waals surface area contributed by atoms with Crippen LogP contribution < -0.4 is 0 Å². The first-order valence-electron chi connectivity index (χ1n) is 3.45. The summed E-state index contributed by atoms with van der Waals surface area (Å²) in [4.78, 5) is 20.4. The van der Waals surface area contributed by atoms with E-state index < -0.39 is 5.92 Å². The van der Waals surface area contributed by atoms with Crippen LogP contribution in [0.4, 0.5) is 0 Å². The van der Waals surface area contributed by atoms with Gasteiger partial charge in [0.1, 0.15) is 12.6 Å². The zero-order chi connectivity index (χ0) is 8.69. The molecule has 0 aliphatic heterocycles. The summed E-state index contributed by atoms with van der Waals surface area (Å²) in [5, 5.41) is 0. The van der Waals surface area contributed by atoms with Crippen molar-refractivity contribution >= 4 is 12.6 Å². The number of hydrogen-bond acceptors (Lipinski definition) is 2. The maximum atomic E-state index is 10.2. The lowest BCUT2D eigenvalue weighted by atomic mass is 10.0. The molecule has 0 aromatic rings. The molecule has 0 fully saturated rings. The summed E-state index contributed by atoms with van der Waals surface area (Å²) in [6.45, 7) is 5.54. The fourth-order valence-corrected chi connectivity index (χ4v) is 0.735. The normalized spacial score (nSPS) is 10.4. The minimum atomic E-state index is -0.529. The van der Waals surface area contributed by atoms with Gasteiger partial charge in [-0.05, 0) is 13.3 Å². The second-order valence-electron chi connectivity index (χ2n) is 2.30. The maximum Gasteiger partial charge on any atom is 0.130 e. The van der Waals surface area contributed by atoms with Gasteiger partial charge in [0.2, 0.25) is 0 Å². The molecular formula is C9H12O2.